The largest absolute Gasteiger partial charge is 0.372 e. The van der Waals surface area contributed by atoms with E-state index in [0.717, 1.165) is 18.7 Å². The van der Waals surface area contributed by atoms with Crippen LogP contribution in [0.4, 0.5) is 21.5 Å². The van der Waals surface area contributed by atoms with E-state index in [-0.39, 0.29) is 17.6 Å². The highest BCUT2D eigenvalue weighted by atomic mass is 32.2. The zero-order chi connectivity index (χ0) is 24.4. The molecule has 0 unspecified atom stereocenters. The standard InChI is InChI=1S/C27H22FN3O2S2/c28-20-8-10-21(11-9-20)29-25(32)19-4-3-5-23(17-19)31-26(33)24(35-27(31)34)16-18-6-12-22(13-7-18)30-14-1-2-15-30/h3-13,16-17H,1-2,14-15H2,(H,29,32)/b24-16+. The molecule has 2 fully saturated rings. The summed E-state index contributed by atoms with van der Waals surface area (Å²) in [6.45, 7) is 2.16. The van der Waals surface area contributed by atoms with E-state index in [9.17, 15) is 14.0 Å². The van der Waals surface area contributed by atoms with E-state index in [0.29, 0.717) is 26.2 Å². The van der Waals surface area contributed by atoms with E-state index in [1.54, 1.807) is 24.3 Å². The molecule has 35 heavy (non-hydrogen) atoms. The van der Waals surface area contributed by atoms with Crippen LogP contribution >= 0.6 is 24.0 Å². The van der Waals surface area contributed by atoms with Crippen molar-refractivity contribution in [1.29, 1.82) is 0 Å². The molecule has 0 bridgehead atoms. The Bertz CT molecular complexity index is 1320. The number of hydrogen-bond donors (Lipinski definition) is 1. The fourth-order valence-corrected chi connectivity index (χ4v) is 5.42. The summed E-state index contributed by atoms with van der Waals surface area (Å²) in [5.74, 6) is -0.966. The van der Waals surface area contributed by atoms with E-state index in [1.807, 2.05) is 18.2 Å². The minimum Gasteiger partial charge on any atom is -0.372 e. The van der Waals surface area contributed by atoms with Gasteiger partial charge in [-0.2, -0.15) is 0 Å². The molecule has 5 nitrogen and oxygen atoms in total. The molecule has 0 atom stereocenters. The average molecular weight is 504 g/mol. The molecule has 0 saturated carbocycles. The normalized spacial score (nSPS) is 16.9. The van der Waals surface area contributed by atoms with E-state index in [2.05, 4.69) is 22.3 Å². The van der Waals surface area contributed by atoms with Gasteiger partial charge in [-0.25, -0.2) is 4.39 Å². The lowest BCUT2D eigenvalue weighted by molar-refractivity contribution is -0.113. The SMILES string of the molecule is O=C(Nc1ccc(F)cc1)c1cccc(N2C(=O)/C(=C\c3ccc(N4CCCC4)cc3)SC2=S)c1. The predicted molar refractivity (Wildman–Crippen MR) is 144 cm³/mol. The van der Waals surface area contributed by atoms with Crippen LogP contribution in [-0.4, -0.2) is 29.2 Å². The topological polar surface area (TPSA) is 52.7 Å². The third-order valence-electron chi connectivity index (χ3n) is 5.92. The van der Waals surface area contributed by atoms with Crippen molar-refractivity contribution in [3.63, 3.8) is 0 Å². The van der Waals surface area contributed by atoms with Crippen molar-refractivity contribution >= 4 is 63.3 Å². The van der Waals surface area contributed by atoms with Crippen LogP contribution in [0.5, 0.6) is 0 Å². The number of amides is 2. The number of carbonyl (C=O) groups is 2. The summed E-state index contributed by atoms with van der Waals surface area (Å²) in [4.78, 5) is 30.2. The van der Waals surface area contributed by atoms with Crippen molar-refractivity contribution in [2.75, 3.05) is 28.2 Å². The average Bonchev–Trinajstić information content (AvgIpc) is 3.49. The van der Waals surface area contributed by atoms with Crippen molar-refractivity contribution in [2.24, 2.45) is 0 Å². The maximum absolute atomic E-state index is 13.2. The van der Waals surface area contributed by atoms with Gasteiger partial charge in [0.2, 0.25) is 0 Å². The molecule has 3 aromatic rings. The van der Waals surface area contributed by atoms with Crippen LogP contribution in [0.1, 0.15) is 28.8 Å². The van der Waals surface area contributed by atoms with Crippen molar-refractivity contribution in [3.05, 3.63) is 94.6 Å². The van der Waals surface area contributed by atoms with Gasteiger partial charge in [-0.05, 0) is 79.1 Å². The molecule has 3 aromatic carbocycles. The third-order valence-corrected chi connectivity index (χ3v) is 7.23. The van der Waals surface area contributed by atoms with E-state index >= 15 is 0 Å². The number of nitrogens with one attached hydrogen (secondary N) is 1. The first-order chi connectivity index (χ1) is 17.0. The van der Waals surface area contributed by atoms with Gasteiger partial charge in [-0.1, -0.05) is 42.2 Å². The first-order valence-corrected chi connectivity index (χ1v) is 12.5. The fourth-order valence-electron chi connectivity index (χ4n) is 4.12. The van der Waals surface area contributed by atoms with E-state index in [1.165, 1.54) is 59.5 Å². The van der Waals surface area contributed by atoms with Gasteiger partial charge in [-0.15, -0.1) is 0 Å². The molecule has 2 aliphatic rings. The Balaban J connectivity index is 1.32. The second-order valence-electron chi connectivity index (χ2n) is 8.31. The quantitative estimate of drug-likeness (QED) is 0.338. The molecule has 0 aromatic heterocycles. The molecule has 2 heterocycles. The van der Waals surface area contributed by atoms with Crippen LogP contribution in [0.15, 0.2) is 77.7 Å². The van der Waals surface area contributed by atoms with Gasteiger partial charge in [0, 0.05) is 30.0 Å². The Morgan fingerprint density at radius 1 is 0.971 bits per heavy atom. The smallest absolute Gasteiger partial charge is 0.270 e. The molecule has 176 valence electrons. The monoisotopic (exact) mass is 503 g/mol. The van der Waals surface area contributed by atoms with Gasteiger partial charge in [0.25, 0.3) is 11.8 Å². The summed E-state index contributed by atoms with van der Waals surface area (Å²) in [5.41, 5.74) is 3.49. The molecule has 2 saturated heterocycles. The van der Waals surface area contributed by atoms with Crippen molar-refractivity contribution in [3.8, 4) is 0 Å². The molecule has 8 heteroatoms. The first-order valence-electron chi connectivity index (χ1n) is 11.3. The van der Waals surface area contributed by atoms with Gasteiger partial charge in [0.05, 0.1) is 10.6 Å². The number of benzene rings is 3. The van der Waals surface area contributed by atoms with Crippen molar-refractivity contribution in [2.45, 2.75) is 12.8 Å². The second kappa shape index (κ2) is 10.0. The molecule has 2 amide bonds. The Morgan fingerprint density at radius 2 is 1.69 bits per heavy atom. The Morgan fingerprint density at radius 3 is 2.40 bits per heavy atom. The van der Waals surface area contributed by atoms with Crippen LogP contribution in [0.3, 0.4) is 0 Å². The summed E-state index contributed by atoms with van der Waals surface area (Å²) in [6.07, 6.45) is 4.29. The van der Waals surface area contributed by atoms with Gasteiger partial charge in [-0.3, -0.25) is 14.5 Å². The third kappa shape index (κ3) is 5.13. The van der Waals surface area contributed by atoms with Gasteiger partial charge in [0.15, 0.2) is 4.32 Å². The molecular formula is C27H22FN3O2S2. The van der Waals surface area contributed by atoms with E-state index < -0.39 is 0 Å². The second-order valence-corrected chi connectivity index (χ2v) is 9.99. The summed E-state index contributed by atoms with van der Waals surface area (Å²) < 4.78 is 13.5. The lowest BCUT2D eigenvalue weighted by Crippen LogP contribution is -2.27. The zero-order valence-corrected chi connectivity index (χ0v) is 20.4. The maximum atomic E-state index is 13.2. The highest BCUT2D eigenvalue weighted by Gasteiger charge is 2.33. The summed E-state index contributed by atoms with van der Waals surface area (Å²) in [6, 6.07) is 20.4. The minimum atomic E-state index is -0.380. The number of nitrogens with zero attached hydrogens (tertiary/aromatic N) is 2. The summed E-state index contributed by atoms with van der Waals surface area (Å²) in [7, 11) is 0. The van der Waals surface area contributed by atoms with Gasteiger partial charge in [0.1, 0.15) is 5.82 Å². The van der Waals surface area contributed by atoms with Crippen molar-refractivity contribution in [1.82, 2.24) is 0 Å². The maximum Gasteiger partial charge on any atom is 0.270 e. The first kappa shape index (κ1) is 23.3. The highest BCUT2D eigenvalue weighted by molar-refractivity contribution is 8.27. The van der Waals surface area contributed by atoms with Gasteiger partial charge < -0.3 is 10.2 Å². The van der Waals surface area contributed by atoms with E-state index in [4.69, 9.17) is 12.2 Å². The number of hydrogen-bond acceptors (Lipinski definition) is 5. The molecule has 0 spiro atoms. The lowest BCUT2D eigenvalue weighted by atomic mass is 10.1. The van der Waals surface area contributed by atoms with Crippen LogP contribution in [0.2, 0.25) is 0 Å². The van der Waals surface area contributed by atoms with Crippen LogP contribution < -0.4 is 15.1 Å². The molecule has 2 aliphatic heterocycles. The zero-order valence-electron chi connectivity index (χ0n) is 18.7. The number of thiocarbonyl (C=S) groups is 1. The summed E-state index contributed by atoms with van der Waals surface area (Å²) in [5, 5.41) is 2.73. The lowest BCUT2D eigenvalue weighted by Gasteiger charge is -2.17. The molecule has 0 radical (unpaired) electrons. The molecule has 5 rings (SSSR count). The van der Waals surface area contributed by atoms with Gasteiger partial charge >= 0.3 is 0 Å². The predicted octanol–water partition coefficient (Wildman–Crippen LogP) is 6.08. The Kier molecular flexibility index (Phi) is 6.66. The van der Waals surface area contributed by atoms with Crippen molar-refractivity contribution < 1.29 is 14.0 Å². The summed E-state index contributed by atoms with van der Waals surface area (Å²) >= 11 is 6.74. The molecule has 0 aliphatic carbocycles. The molecule has 1 N–H and O–H groups in total. The Hall–Kier alpha value is -3.49. The number of thioether (sulfide) groups is 1. The number of anilines is 3. The van der Waals surface area contributed by atoms with Crippen LogP contribution in [-0.2, 0) is 4.79 Å². The molecular weight excluding hydrogens is 481 g/mol. The Labute approximate surface area is 212 Å². The number of carbonyl (C=O) groups excluding carboxylic acids is 2. The van der Waals surface area contributed by atoms with Crippen LogP contribution in [0, 0.1) is 5.82 Å². The highest BCUT2D eigenvalue weighted by Crippen LogP contribution is 2.36. The number of rotatable bonds is 5. The number of halogens is 1. The van der Waals surface area contributed by atoms with Crippen LogP contribution in [0.25, 0.3) is 6.08 Å². The fraction of sp³-hybridized carbons (Fsp3) is 0.148. The minimum absolute atomic E-state index is 0.222.